The fraction of sp³-hybridized carbons (Fsp3) is 0.389. The first-order valence-corrected chi connectivity index (χ1v) is 10.6. The first-order chi connectivity index (χ1) is 12.7. The number of hydrogen-bond donors (Lipinski definition) is 2. The zero-order valence-electron chi connectivity index (χ0n) is 15.0. The summed E-state index contributed by atoms with van der Waals surface area (Å²) in [5.41, 5.74) is -3.56. The predicted octanol–water partition coefficient (Wildman–Crippen LogP) is 1.06. The number of benzene rings is 1. The number of H-pyrrole nitrogens is 1. The van der Waals surface area contributed by atoms with Crippen LogP contribution >= 0.6 is 7.14 Å². The highest BCUT2D eigenvalue weighted by molar-refractivity contribution is 7.72. The summed E-state index contributed by atoms with van der Waals surface area (Å²) in [5, 5.41) is 11.4. The molecule has 0 bridgehead atoms. The summed E-state index contributed by atoms with van der Waals surface area (Å²) < 4.78 is 19.7. The van der Waals surface area contributed by atoms with Gasteiger partial charge < -0.3 is 14.4 Å². The molecule has 1 saturated heterocycles. The number of carbonyl (C=O) groups is 1. The van der Waals surface area contributed by atoms with Gasteiger partial charge in [0.2, 0.25) is 0 Å². The number of rotatable bonds is 4. The number of aromatic amines is 1. The van der Waals surface area contributed by atoms with E-state index in [2.05, 4.69) is 4.98 Å². The molecule has 3 atom stereocenters. The molecule has 1 fully saturated rings. The Morgan fingerprint density at radius 1 is 1.37 bits per heavy atom. The van der Waals surface area contributed by atoms with E-state index in [9.17, 15) is 24.1 Å². The number of ether oxygens (including phenoxy) is 1. The number of esters is 1. The fourth-order valence-electron chi connectivity index (χ4n) is 3.57. The second-order valence-electron chi connectivity index (χ2n) is 6.77. The van der Waals surface area contributed by atoms with Crippen molar-refractivity contribution < 1.29 is 19.2 Å². The number of aliphatic hydroxyl groups is 1. The highest BCUT2D eigenvalue weighted by Crippen LogP contribution is 2.66. The number of carbonyl (C=O) groups excluding carboxylic acids is 1. The maximum atomic E-state index is 13.9. The molecular formula is C18H21N2O6P. The molecule has 27 heavy (non-hydrogen) atoms. The van der Waals surface area contributed by atoms with Gasteiger partial charge in [0.25, 0.3) is 5.56 Å². The van der Waals surface area contributed by atoms with Gasteiger partial charge in [0, 0.05) is 17.7 Å². The zero-order chi connectivity index (χ0) is 19.8. The van der Waals surface area contributed by atoms with Crippen molar-refractivity contribution in [3.63, 3.8) is 0 Å². The van der Waals surface area contributed by atoms with Crippen LogP contribution in [0.5, 0.6) is 0 Å². The van der Waals surface area contributed by atoms with Gasteiger partial charge in [-0.05, 0) is 20.3 Å². The van der Waals surface area contributed by atoms with Crippen molar-refractivity contribution in [2.24, 2.45) is 0 Å². The van der Waals surface area contributed by atoms with Gasteiger partial charge >= 0.3 is 11.7 Å². The molecule has 144 valence electrons. The van der Waals surface area contributed by atoms with E-state index in [-0.39, 0.29) is 24.8 Å². The minimum Gasteiger partial charge on any atom is -0.462 e. The normalized spacial score (nSPS) is 27.4. The van der Waals surface area contributed by atoms with Crippen molar-refractivity contribution in [2.75, 3.05) is 12.8 Å². The third-order valence-electron chi connectivity index (χ3n) is 4.82. The average molecular weight is 392 g/mol. The number of aromatic nitrogens is 2. The monoisotopic (exact) mass is 392 g/mol. The fourth-order valence-corrected chi connectivity index (χ4v) is 7.41. The number of hydrogen-bond acceptors (Lipinski definition) is 6. The lowest BCUT2D eigenvalue weighted by Crippen LogP contribution is -2.42. The van der Waals surface area contributed by atoms with Crippen LogP contribution in [0.3, 0.4) is 0 Å². The van der Waals surface area contributed by atoms with Crippen molar-refractivity contribution in [3.05, 3.63) is 62.9 Å². The summed E-state index contributed by atoms with van der Waals surface area (Å²) in [7, 11) is -3.24. The van der Waals surface area contributed by atoms with Gasteiger partial charge in [-0.15, -0.1) is 0 Å². The molecule has 0 amide bonds. The van der Waals surface area contributed by atoms with Crippen LogP contribution in [0.15, 0.2) is 46.1 Å². The van der Waals surface area contributed by atoms with Crippen molar-refractivity contribution in [1.29, 1.82) is 0 Å². The van der Waals surface area contributed by atoms with Crippen LogP contribution in [-0.2, 0) is 9.30 Å². The van der Waals surface area contributed by atoms with Gasteiger partial charge in [0.05, 0.1) is 12.2 Å². The third-order valence-corrected chi connectivity index (χ3v) is 8.48. The topological polar surface area (TPSA) is 118 Å². The summed E-state index contributed by atoms with van der Waals surface area (Å²) >= 11 is 0. The molecule has 2 heterocycles. The van der Waals surface area contributed by atoms with Crippen LogP contribution in [0.1, 0.15) is 36.4 Å². The maximum absolute atomic E-state index is 13.9. The molecule has 0 radical (unpaired) electrons. The van der Waals surface area contributed by atoms with Crippen LogP contribution in [0, 0.1) is 0 Å². The van der Waals surface area contributed by atoms with Crippen LogP contribution in [0.4, 0.5) is 0 Å². The summed E-state index contributed by atoms with van der Waals surface area (Å²) in [6.07, 6.45) is 1.46. The van der Waals surface area contributed by atoms with Gasteiger partial charge in [-0.2, -0.15) is 0 Å². The Bertz CT molecular complexity index is 1020. The number of nitrogens with zero attached hydrogens (tertiary/aromatic N) is 1. The van der Waals surface area contributed by atoms with Gasteiger partial charge in [0.1, 0.15) is 18.5 Å². The Hall–Kier alpha value is -2.44. The molecule has 2 N–H and O–H groups in total. The highest BCUT2D eigenvalue weighted by atomic mass is 31.2. The zero-order valence-corrected chi connectivity index (χ0v) is 15.9. The average Bonchev–Trinajstić information content (AvgIpc) is 2.87. The van der Waals surface area contributed by atoms with Crippen LogP contribution in [0.25, 0.3) is 0 Å². The van der Waals surface area contributed by atoms with E-state index in [0.717, 1.165) is 10.8 Å². The molecular weight excluding hydrogens is 371 g/mol. The maximum Gasteiger partial charge on any atom is 0.345 e. The smallest absolute Gasteiger partial charge is 0.345 e. The Morgan fingerprint density at radius 2 is 2.04 bits per heavy atom. The first-order valence-electron chi connectivity index (χ1n) is 8.60. The molecule has 1 aromatic heterocycles. The number of nitrogens with one attached hydrogen (secondary N) is 1. The lowest BCUT2D eigenvalue weighted by atomic mass is 10.0. The van der Waals surface area contributed by atoms with Crippen molar-refractivity contribution >= 4 is 18.4 Å². The Balaban J connectivity index is 2.22. The van der Waals surface area contributed by atoms with Gasteiger partial charge in [-0.25, -0.2) is 9.59 Å². The molecule has 1 aliphatic heterocycles. The molecule has 0 unspecified atom stereocenters. The summed E-state index contributed by atoms with van der Waals surface area (Å²) in [6.45, 7) is 3.15. The molecule has 8 nitrogen and oxygen atoms in total. The van der Waals surface area contributed by atoms with E-state index in [1.54, 1.807) is 37.3 Å². The van der Waals surface area contributed by atoms with Crippen molar-refractivity contribution in [3.8, 4) is 0 Å². The molecule has 1 aliphatic rings. The quantitative estimate of drug-likeness (QED) is 0.593. The van der Waals surface area contributed by atoms with Crippen molar-refractivity contribution in [2.45, 2.75) is 31.7 Å². The lowest BCUT2D eigenvalue weighted by molar-refractivity contribution is 0.0389. The largest absolute Gasteiger partial charge is 0.462 e. The Labute approximate surface area is 155 Å². The molecule has 9 heteroatoms. The molecule has 3 rings (SSSR count). The lowest BCUT2D eigenvalue weighted by Gasteiger charge is -2.31. The molecule has 0 aliphatic carbocycles. The molecule has 0 saturated carbocycles. The van der Waals surface area contributed by atoms with Crippen LogP contribution < -0.4 is 16.6 Å². The first kappa shape index (κ1) is 19.3. The predicted molar refractivity (Wildman–Crippen MR) is 100 cm³/mol. The third kappa shape index (κ3) is 3.31. The summed E-state index contributed by atoms with van der Waals surface area (Å²) in [4.78, 5) is 38.6. The molecule has 0 spiro atoms. The molecule has 1 aromatic carbocycles. The highest BCUT2D eigenvalue weighted by Gasteiger charge is 2.54. The Morgan fingerprint density at radius 3 is 2.67 bits per heavy atom. The molecule has 2 aromatic rings. The van der Waals surface area contributed by atoms with Gasteiger partial charge in [-0.3, -0.25) is 14.3 Å². The van der Waals surface area contributed by atoms with Gasteiger partial charge in [0.15, 0.2) is 0 Å². The second kappa shape index (κ2) is 6.94. The standard InChI is InChI=1S/C18H21N2O6P/c1-3-26-15(22)13-11-20(17(23)19-14(13)21)16-18(2,24)9-10-27(16,25)12-7-5-4-6-8-12/h4-8,11,16,24H,3,9-10H2,1-2H3,(H,19,21,23)/t16-,18-,27+/m1/s1. The van der Waals surface area contributed by atoms with E-state index in [1.807, 2.05) is 0 Å². The minimum absolute atomic E-state index is 0.0566. The van der Waals surface area contributed by atoms with E-state index in [1.165, 1.54) is 6.92 Å². The Kier molecular flexibility index (Phi) is 4.97. The van der Waals surface area contributed by atoms with Crippen LogP contribution in [-0.4, -0.2) is 39.0 Å². The van der Waals surface area contributed by atoms with Crippen molar-refractivity contribution in [1.82, 2.24) is 9.55 Å². The van der Waals surface area contributed by atoms with Gasteiger partial charge in [-0.1, -0.05) is 30.3 Å². The summed E-state index contributed by atoms with van der Waals surface area (Å²) in [5.74, 6) is -2.00. The SMILES string of the molecule is CCOC(=O)c1cn([C@H]2[C@](C)(O)CC[P@]2(=O)c2ccccc2)c(=O)[nH]c1=O. The van der Waals surface area contributed by atoms with E-state index in [0.29, 0.717) is 5.30 Å². The van der Waals surface area contributed by atoms with E-state index in [4.69, 9.17) is 4.74 Å². The second-order valence-corrected chi connectivity index (χ2v) is 9.81. The van der Waals surface area contributed by atoms with E-state index >= 15 is 0 Å². The van der Waals surface area contributed by atoms with E-state index < -0.39 is 35.7 Å². The van der Waals surface area contributed by atoms with Crippen LogP contribution in [0.2, 0.25) is 0 Å². The minimum atomic E-state index is -3.24. The summed E-state index contributed by atoms with van der Waals surface area (Å²) in [6, 6.07) is 8.64.